The molecule has 2 aromatic rings. The van der Waals surface area contributed by atoms with Crippen LogP contribution in [-0.2, 0) is 26.3 Å². The van der Waals surface area contributed by atoms with Crippen molar-refractivity contribution in [3.8, 4) is 18.1 Å². The van der Waals surface area contributed by atoms with E-state index in [0.29, 0.717) is 37.2 Å². The molecule has 1 aliphatic carbocycles. The zero-order valence-electron chi connectivity index (χ0n) is 23.9. The molecule has 2 bridgehead atoms. The van der Waals surface area contributed by atoms with Crippen LogP contribution in [-0.4, -0.2) is 66.1 Å². The molecule has 4 rings (SSSR count). The van der Waals surface area contributed by atoms with E-state index in [9.17, 15) is 23.9 Å². The monoisotopic (exact) mass is 578 g/mol. The molecule has 1 unspecified atom stereocenters. The van der Waals surface area contributed by atoms with Crippen LogP contribution >= 0.6 is 0 Å². The zero-order valence-corrected chi connectivity index (χ0v) is 23.9. The van der Waals surface area contributed by atoms with Gasteiger partial charge < -0.3 is 31.1 Å². The van der Waals surface area contributed by atoms with Gasteiger partial charge in [0.05, 0.1) is 25.2 Å². The first-order chi connectivity index (χ1) is 20.1. The van der Waals surface area contributed by atoms with Gasteiger partial charge in [0.1, 0.15) is 17.6 Å². The van der Waals surface area contributed by atoms with Crippen LogP contribution in [0.25, 0.3) is 0 Å². The number of amides is 3. The van der Waals surface area contributed by atoms with Gasteiger partial charge in [0.25, 0.3) is 0 Å². The molecule has 9 nitrogen and oxygen atoms in total. The van der Waals surface area contributed by atoms with Gasteiger partial charge in [0.2, 0.25) is 17.7 Å². The molecule has 3 atom stereocenters. The third-order valence-corrected chi connectivity index (χ3v) is 8.02. The number of terminal acetylenes is 1. The number of halogens is 1. The number of nitrogens with zero attached hydrogens (tertiary/aromatic N) is 1. The van der Waals surface area contributed by atoms with Crippen LogP contribution in [0.1, 0.15) is 61.6 Å². The lowest BCUT2D eigenvalue weighted by Crippen LogP contribution is -2.56. The Morgan fingerprint density at radius 1 is 1.26 bits per heavy atom. The Morgan fingerprint density at radius 3 is 2.76 bits per heavy atom. The fraction of sp³-hybridized carbons (Fsp3) is 0.469. The van der Waals surface area contributed by atoms with Crippen LogP contribution in [0.5, 0.6) is 5.75 Å². The molecule has 1 fully saturated rings. The van der Waals surface area contributed by atoms with E-state index < -0.39 is 35.8 Å². The van der Waals surface area contributed by atoms with Gasteiger partial charge in [-0.05, 0) is 73.9 Å². The molecule has 0 spiro atoms. The minimum absolute atomic E-state index is 0.0727. The van der Waals surface area contributed by atoms with E-state index in [2.05, 4.69) is 16.6 Å². The summed E-state index contributed by atoms with van der Waals surface area (Å²) in [5, 5.41) is 17.7. The molecule has 224 valence electrons. The Bertz CT molecular complexity index is 1340. The number of rotatable bonds is 7. The maximum absolute atomic E-state index is 14.6. The maximum Gasteiger partial charge on any atom is 0.243 e. The van der Waals surface area contributed by atoms with Crippen molar-refractivity contribution in [2.75, 3.05) is 20.2 Å². The summed E-state index contributed by atoms with van der Waals surface area (Å²) in [7, 11) is 1.47. The number of hydrogen-bond donors (Lipinski definition) is 4. The molecule has 42 heavy (non-hydrogen) atoms. The van der Waals surface area contributed by atoms with Crippen molar-refractivity contribution in [1.82, 2.24) is 15.5 Å². The lowest BCUT2D eigenvalue weighted by molar-refractivity contribution is -0.141. The lowest BCUT2D eigenvalue weighted by Gasteiger charge is -2.31. The smallest absolute Gasteiger partial charge is 0.243 e. The number of ether oxygens (including phenoxy) is 1. The largest absolute Gasteiger partial charge is 0.493 e. The second-order valence-electron chi connectivity index (χ2n) is 11.2. The van der Waals surface area contributed by atoms with E-state index in [1.54, 1.807) is 6.07 Å². The minimum Gasteiger partial charge on any atom is -0.493 e. The summed E-state index contributed by atoms with van der Waals surface area (Å²) >= 11 is 0. The second-order valence-corrected chi connectivity index (χ2v) is 11.2. The van der Waals surface area contributed by atoms with Gasteiger partial charge in [-0.15, -0.1) is 6.42 Å². The van der Waals surface area contributed by atoms with Crippen LogP contribution < -0.4 is 21.1 Å². The molecule has 2 aliphatic rings. The normalized spacial score (nSPS) is 21.9. The Labute approximate surface area is 246 Å². The SMILES string of the molecule is C#Cc1cccc(C2(NC[C@@H](O)[C@@H]3Cc4cc(F)cc(c4)OCCCCCC(=O)N(C)C(CC(N)=O)C(=O)N3)CC2)c1. The predicted molar refractivity (Wildman–Crippen MR) is 156 cm³/mol. The van der Waals surface area contributed by atoms with Gasteiger partial charge in [-0.2, -0.15) is 0 Å². The lowest BCUT2D eigenvalue weighted by atomic mass is 9.98. The predicted octanol–water partition coefficient (Wildman–Crippen LogP) is 2.13. The number of aliphatic hydroxyl groups is 1. The summed E-state index contributed by atoms with van der Waals surface area (Å²) in [6.45, 7) is 0.464. The average molecular weight is 579 g/mol. The zero-order chi connectivity index (χ0) is 30.3. The number of hydrogen-bond acceptors (Lipinski definition) is 6. The van der Waals surface area contributed by atoms with E-state index in [4.69, 9.17) is 16.9 Å². The number of carbonyl (C=O) groups excluding carboxylic acids is 3. The first-order valence-electron chi connectivity index (χ1n) is 14.4. The summed E-state index contributed by atoms with van der Waals surface area (Å²) in [6, 6.07) is 9.94. The highest BCUT2D eigenvalue weighted by atomic mass is 19.1. The summed E-state index contributed by atoms with van der Waals surface area (Å²) in [5.41, 5.74) is 7.38. The van der Waals surface area contributed by atoms with Gasteiger partial charge in [-0.1, -0.05) is 18.1 Å². The van der Waals surface area contributed by atoms with Crippen LogP contribution in [0.3, 0.4) is 0 Å². The Balaban J connectivity index is 1.59. The van der Waals surface area contributed by atoms with Gasteiger partial charge in [0, 0.05) is 37.2 Å². The summed E-state index contributed by atoms with van der Waals surface area (Å²) in [5.74, 6) is 0.840. The standard InChI is InChI=1S/C32H39FN4O5/c1-3-21-8-7-9-23(14-21)32(11-12-32)35-20-28(38)26-17-22-15-24(33)18-25(16-22)42-13-6-4-5-10-30(40)37(2)27(19-29(34)39)31(41)36-26/h1,7-9,14-16,18,26-28,35,38H,4-6,10-13,17,19-20H2,2H3,(H2,34,39)(H,36,41)/t26-,27?,28+/m0/s1. The minimum atomic E-state index is -1.15. The molecule has 5 N–H and O–H groups in total. The molecule has 2 aromatic carbocycles. The van der Waals surface area contributed by atoms with Crippen LogP contribution in [0.4, 0.5) is 4.39 Å². The van der Waals surface area contributed by atoms with E-state index in [1.165, 1.54) is 24.1 Å². The third kappa shape index (κ3) is 8.08. The van der Waals surface area contributed by atoms with E-state index in [1.807, 2.05) is 24.3 Å². The number of nitrogens with two attached hydrogens (primary N) is 1. The quantitative estimate of drug-likeness (QED) is 0.372. The fourth-order valence-corrected chi connectivity index (χ4v) is 5.37. The number of nitrogens with one attached hydrogen (secondary N) is 2. The molecule has 1 aliphatic heterocycles. The van der Waals surface area contributed by atoms with E-state index in [0.717, 1.165) is 24.0 Å². The van der Waals surface area contributed by atoms with Crippen LogP contribution in [0.2, 0.25) is 0 Å². The topological polar surface area (TPSA) is 134 Å². The van der Waals surface area contributed by atoms with Gasteiger partial charge in [0.15, 0.2) is 0 Å². The molecular weight excluding hydrogens is 539 g/mol. The summed E-state index contributed by atoms with van der Waals surface area (Å²) in [4.78, 5) is 39.5. The molecular formula is C32H39FN4O5. The van der Waals surface area contributed by atoms with Crippen molar-refractivity contribution in [3.63, 3.8) is 0 Å². The van der Waals surface area contributed by atoms with Crippen molar-refractivity contribution in [2.45, 2.75) is 75.1 Å². The second kappa shape index (κ2) is 13.8. The Kier molecular flexibility index (Phi) is 10.2. The van der Waals surface area contributed by atoms with Crippen molar-refractivity contribution < 1.29 is 28.6 Å². The highest BCUT2D eigenvalue weighted by molar-refractivity contribution is 5.91. The van der Waals surface area contributed by atoms with Crippen molar-refractivity contribution in [2.24, 2.45) is 5.73 Å². The average Bonchev–Trinajstić information content (AvgIpc) is 3.76. The molecule has 0 saturated heterocycles. The van der Waals surface area contributed by atoms with Crippen molar-refractivity contribution in [1.29, 1.82) is 0 Å². The number of likely N-dealkylation sites (N-methyl/N-ethyl adjacent to an activating group) is 1. The van der Waals surface area contributed by atoms with Gasteiger partial charge in [-0.3, -0.25) is 14.4 Å². The molecule has 1 saturated carbocycles. The summed E-state index contributed by atoms with van der Waals surface area (Å²) < 4.78 is 20.3. The molecule has 0 aromatic heterocycles. The molecule has 0 radical (unpaired) electrons. The summed E-state index contributed by atoms with van der Waals surface area (Å²) in [6.07, 6.45) is 7.97. The van der Waals surface area contributed by atoms with Gasteiger partial charge >= 0.3 is 0 Å². The number of aliphatic hydroxyl groups excluding tert-OH is 1. The Morgan fingerprint density at radius 2 is 2.05 bits per heavy atom. The van der Waals surface area contributed by atoms with Crippen molar-refractivity contribution >= 4 is 17.7 Å². The highest BCUT2D eigenvalue weighted by Crippen LogP contribution is 2.45. The highest BCUT2D eigenvalue weighted by Gasteiger charge is 2.44. The van der Waals surface area contributed by atoms with E-state index >= 15 is 0 Å². The maximum atomic E-state index is 14.6. The number of benzene rings is 2. The fourth-order valence-electron chi connectivity index (χ4n) is 5.37. The number of fused-ring (bicyclic) bond motifs is 2. The number of carbonyl (C=O) groups is 3. The van der Waals surface area contributed by atoms with Crippen molar-refractivity contribution in [3.05, 3.63) is 65.0 Å². The Hall–Kier alpha value is -3.94. The molecule has 1 heterocycles. The van der Waals surface area contributed by atoms with E-state index in [-0.39, 0.29) is 37.3 Å². The molecule has 3 amide bonds. The first kappa shape index (κ1) is 31.0. The van der Waals surface area contributed by atoms with Gasteiger partial charge in [-0.25, -0.2) is 4.39 Å². The van der Waals surface area contributed by atoms with Crippen LogP contribution in [0, 0.1) is 18.2 Å². The molecule has 10 heteroatoms. The van der Waals surface area contributed by atoms with Crippen LogP contribution in [0.15, 0.2) is 42.5 Å². The first-order valence-corrected chi connectivity index (χ1v) is 14.4. The third-order valence-electron chi connectivity index (χ3n) is 8.02. The number of primary amides is 1.